The minimum atomic E-state index is -0.0874. The van der Waals surface area contributed by atoms with Crippen LogP contribution in [-0.4, -0.2) is 12.5 Å². The molecule has 0 aliphatic heterocycles. The molecule has 0 saturated carbocycles. The smallest absolute Gasteiger partial charge is 0.243 e. The second-order valence-electron chi connectivity index (χ2n) is 4.37. The number of halogens is 2. The van der Waals surface area contributed by atoms with Gasteiger partial charge in [0.1, 0.15) is 0 Å². The molecule has 2 aromatic rings. The lowest BCUT2D eigenvalue weighted by molar-refractivity contribution is -0.114. The number of nitrogens with one attached hydrogen (secondary N) is 2. The molecule has 0 unspecified atom stereocenters. The van der Waals surface area contributed by atoms with Crippen LogP contribution in [0, 0.1) is 6.92 Å². The van der Waals surface area contributed by atoms with Gasteiger partial charge < -0.3 is 10.6 Å². The van der Waals surface area contributed by atoms with E-state index in [9.17, 15) is 4.79 Å². The lowest BCUT2D eigenvalue weighted by Crippen LogP contribution is -2.22. The number of carbonyl (C=O) groups is 1. The first-order chi connectivity index (χ1) is 9.56. The summed E-state index contributed by atoms with van der Waals surface area (Å²) in [5.41, 5.74) is 2.81. The summed E-state index contributed by atoms with van der Waals surface area (Å²) in [4.78, 5) is 11.9. The van der Waals surface area contributed by atoms with E-state index in [1.165, 1.54) is 0 Å². The van der Waals surface area contributed by atoms with Crippen molar-refractivity contribution in [3.63, 3.8) is 0 Å². The van der Waals surface area contributed by atoms with Crippen LogP contribution in [0.15, 0.2) is 51.4 Å². The molecule has 2 aromatic carbocycles. The van der Waals surface area contributed by atoms with Crippen LogP contribution in [0.25, 0.3) is 0 Å². The maximum absolute atomic E-state index is 11.9. The third-order valence-corrected chi connectivity index (χ3v) is 3.92. The van der Waals surface area contributed by atoms with Crippen molar-refractivity contribution < 1.29 is 4.79 Å². The number of rotatable bonds is 4. The van der Waals surface area contributed by atoms with Crippen LogP contribution in [0.3, 0.4) is 0 Å². The second kappa shape index (κ2) is 6.90. The Kier molecular flexibility index (Phi) is 5.20. The van der Waals surface area contributed by atoms with Crippen molar-refractivity contribution >= 4 is 49.1 Å². The Bertz CT molecular complexity index is 592. The maximum Gasteiger partial charge on any atom is 0.243 e. The zero-order valence-electron chi connectivity index (χ0n) is 10.9. The van der Waals surface area contributed by atoms with Crippen molar-refractivity contribution in [1.29, 1.82) is 0 Å². The number of carbonyl (C=O) groups excluding carboxylic acids is 1. The number of amides is 1. The zero-order valence-corrected chi connectivity index (χ0v) is 14.1. The lowest BCUT2D eigenvalue weighted by atomic mass is 10.2. The molecule has 0 heterocycles. The highest BCUT2D eigenvalue weighted by molar-refractivity contribution is 9.11. The van der Waals surface area contributed by atoms with Gasteiger partial charge in [0.05, 0.1) is 12.2 Å². The average molecular weight is 398 g/mol. The molecule has 3 nitrogen and oxygen atoms in total. The van der Waals surface area contributed by atoms with E-state index in [1.54, 1.807) is 0 Å². The maximum atomic E-state index is 11.9. The van der Waals surface area contributed by atoms with Crippen LogP contribution in [-0.2, 0) is 4.79 Å². The van der Waals surface area contributed by atoms with Crippen LogP contribution in [0.5, 0.6) is 0 Å². The molecule has 0 atom stereocenters. The average Bonchev–Trinajstić information content (AvgIpc) is 2.38. The second-order valence-corrected chi connectivity index (χ2v) is 6.08. The Labute approximate surface area is 135 Å². The fourth-order valence-corrected chi connectivity index (χ4v) is 3.46. The molecule has 0 fully saturated rings. The first kappa shape index (κ1) is 15.1. The Balaban J connectivity index is 1.97. The van der Waals surface area contributed by atoms with Crippen molar-refractivity contribution in [2.45, 2.75) is 6.92 Å². The summed E-state index contributed by atoms with van der Waals surface area (Å²) in [6.45, 7) is 2.22. The van der Waals surface area contributed by atoms with Crippen LogP contribution < -0.4 is 10.6 Å². The van der Waals surface area contributed by atoms with Crippen LogP contribution >= 0.6 is 31.9 Å². The van der Waals surface area contributed by atoms with Gasteiger partial charge in [0.2, 0.25) is 5.91 Å². The molecule has 0 spiro atoms. The summed E-state index contributed by atoms with van der Waals surface area (Å²) in [7, 11) is 0. The fraction of sp³-hybridized carbons (Fsp3) is 0.133. The largest absolute Gasteiger partial charge is 0.374 e. The number of para-hydroxylation sites is 1. The summed E-state index contributed by atoms with van der Waals surface area (Å²) < 4.78 is 1.86. The van der Waals surface area contributed by atoms with Gasteiger partial charge in [-0.3, -0.25) is 4.79 Å². The molecule has 2 N–H and O–H groups in total. The van der Waals surface area contributed by atoms with Gasteiger partial charge in [0.15, 0.2) is 0 Å². The van der Waals surface area contributed by atoms with E-state index in [2.05, 4.69) is 42.5 Å². The van der Waals surface area contributed by atoms with Crippen molar-refractivity contribution in [2.24, 2.45) is 0 Å². The van der Waals surface area contributed by atoms with Gasteiger partial charge in [0.25, 0.3) is 0 Å². The number of hydrogen-bond acceptors (Lipinski definition) is 2. The van der Waals surface area contributed by atoms with Crippen LogP contribution in [0.1, 0.15) is 5.56 Å². The lowest BCUT2D eigenvalue weighted by Gasteiger charge is -2.12. The van der Waals surface area contributed by atoms with E-state index in [0.717, 1.165) is 25.9 Å². The van der Waals surface area contributed by atoms with E-state index in [-0.39, 0.29) is 12.5 Å². The van der Waals surface area contributed by atoms with Crippen molar-refractivity contribution in [1.82, 2.24) is 0 Å². The first-order valence-corrected chi connectivity index (χ1v) is 7.69. The quantitative estimate of drug-likeness (QED) is 0.793. The summed E-state index contributed by atoms with van der Waals surface area (Å²) in [6, 6.07) is 13.4. The van der Waals surface area contributed by atoms with Gasteiger partial charge in [-0.2, -0.15) is 0 Å². The third-order valence-electron chi connectivity index (χ3n) is 2.67. The predicted octanol–water partition coefficient (Wildman–Crippen LogP) is 4.57. The molecule has 104 valence electrons. The molecule has 0 aliphatic rings. The number of anilines is 2. The number of hydrogen-bond donors (Lipinski definition) is 2. The molecule has 0 aliphatic carbocycles. The van der Waals surface area contributed by atoms with Crippen LogP contribution in [0.4, 0.5) is 11.4 Å². The highest BCUT2D eigenvalue weighted by Gasteiger charge is 2.08. The number of benzene rings is 2. The van der Waals surface area contributed by atoms with Gasteiger partial charge >= 0.3 is 0 Å². The molecule has 0 bridgehead atoms. The highest BCUT2D eigenvalue weighted by Crippen LogP contribution is 2.32. The van der Waals surface area contributed by atoms with E-state index < -0.39 is 0 Å². The summed E-state index contributed by atoms with van der Waals surface area (Å²) in [6.07, 6.45) is 0. The molecule has 0 saturated heterocycles. The van der Waals surface area contributed by atoms with Gasteiger partial charge in [-0.05, 0) is 68.6 Å². The Morgan fingerprint density at radius 1 is 1.10 bits per heavy atom. The van der Waals surface area contributed by atoms with Gasteiger partial charge in [0, 0.05) is 14.6 Å². The predicted molar refractivity (Wildman–Crippen MR) is 90.1 cm³/mol. The van der Waals surface area contributed by atoms with Crippen molar-refractivity contribution in [3.8, 4) is 0 Å². The van der Waals surface area contributed by atoms with Gasteiger partial charge in [-0.1, -0.05) is 18.2 Å². The normalized spacial score (nSPS) is 10.2. The van der Waals surface area contributed by atoms with Crippen LogP contribution in [0.2, 0.25) is 0 Å². The monoisotopic (exact) mass is 396 g/mol. The minimum absolute atomic E-state index is 0.0874. The zero-order chi connectivity index (χ0) is 14.5. The summed E-state index contributed by atoms with van der Waals surface area (Å²) in [5, 5.41) is 5.95. The SMILES string of the molecule is Cc1cc(Br)c(NCC(=O)Nc2ccccc2)c(Br)c1. The fourth-order valence-electron chi connectivity index (χ4n) is 1.76. The molecule has 20 heavy (non-hydrogen) atoms. The number of aryl methyl sites for hydroxylation is 1. The minimum Gasteiger partial charge on any atom is -0.374 e. The molecule has 5 heteroatoms. The third kappa shape index (κ3) is 4.08. The Morgan fingerprint density at radius 2 is 1.70 bits per heavy atom. The molecule has 1 amide bonds. The van der Waals surface area contributed by atoms with Gasteiger partial charge in [-0.25, -0.2) is 0 Å². The molecular weight excluding hydrogens is 384 g/mol. The molecular formula is C15H14Br2N2O. The Hall–Kier alpha value is -1.33. The summed E-state index contributed by atoms with van der Waals surface area (Å²) >= 11 is 6.98. The molecule has 0 aromatic heterocycles. The summed E-state index contributed by atoms with van der Waals surface area (Å²) in [5.74, 6) is -0.0874. The van der Waals surface area contributed by atoms with E-state index in [0.29, 0.717) is 0 Å². The highest BCUT2D eigenvalue weighted by atomic mass is 79.9. The standard InChI is InChI=1S/C15H14Br2N2O/c1-10-7-12(16)15(13(17)8-10)18-9-14(20)19-11-5-3-2-4-6-11/h2-8,18H,9H2,1H3,(H,19,20). The van der Waals surface area contributed by atoms with Crippen molar-refractivity contribution in [2.75, 3.05) is 17.2 Å². The topological polar surface area (TPSA) is 41.1 Å². The Morgan fingerprint density at radius 3 is 2.30 bits per heavy atom. The van der Waals surface area contributed by atoms with Crippen molar-refractivity contribution in [3.05, 3.63) is 57.0 Å². The first-order valence-electron chi connectivity index (χ1n) is 6.10. The van der Waals surface area contributed by atoms with E-state index in [4.69, 9.17) is 0 Å². The van der Waals surface area contributed by atoms with Gasteiger partial charge in [-0.15, -0.1) is 0 Å². The molecule has 0 radical (unpaired) electrons. The van der Waals surface area contributed by atoms with E-state index >= 15 is 0 Å². The molecule has 2 rings (SSSR count). The van der Waals surface area contributed by atoms with E-state index in [1.807, 2.05) is 49.4 Å².